The van der Waals surface area contributed by atoms with Gasteiger partial charge in [-0.15, -0.1) is 11.8 Å². The van der Waals surface area contributed by atoms with Gasteiger partial charge in [0.15, 0.2) is 0 Å². The molecule has 1 aromatic carbocycles. The summed E-state index contributed by atoms with van der Waals surface area (Å²) in [6.07, 6.45) is 0.748. The number of ether oxygens (including phenoxy) is 1. The normalized spacial score (nSPS) is 9.44. The van der Waals surface area contributed by atoms with Crippen molar-refractivity contribution in [3.63, 3.8) is 0 Å². The molecule has 0 saturated heterocycles. The first kappa shape index (κ1) is 12.9. The lowest BCUT2D eigenvalue weighted by molar-refractivity contribution is 0.323. The molecule has 0 aliphatic carbocycles. The minimum absolute atomic E-state index is 0.610. The molecule has 86 valence electrons. The Bertz CT molecular complexity index is 393. The van der Waals surface area contributed by atoms with Crippen LogP contribution in [0.5, 0.6) is 5.75 Å². The fourth-order valence-corrected chi connectivity index (χ4v) is 1.55. The fraction of sp³-hybridized carbons (Fsp3) is 0.385. The summed E-state index contributed by atoms with van der Waals surface area (Å²) in [5, 5.41) is 3.81. The van der Waals surface area contributed by atoms with Crippen molar-refractivity contribution in [3.05, 3.63) is 28.8 Å². The van der Waals surface area contributed by atoms with Crippen LogP contribution in [0.4, 0.5) is 0 Å². The summed E-state index contributed by atoms with van der Waals surface area (Å²) in [4.78, 5) is 0. The summed E-state index contributed by atoms with van der Waals surface area (Å²) in [5.74, 6) is 6.68. The van der Waals surface area contributed by atoms with E-state index in [0.717, 1.165) is 29.3 Å². The average Bonchev–Trinajstić information content (AvgIpc) is 2.27. The van der Waals surface area contributed by atoms with Crippen molar-refractivity contribution in [2.75, 3.05) is 13.7 Å². The van der Waals surface area contributed by atoms with Gasteiger partial charge in [0, 0.05) is 23.6 Å². The third-order valence-corrected chi connectivity index (χ3v) is 2.29. The zero-order valence-corrected chi connectivity index (χ0v) is 10.4. The number of halogens is 1. The molecule has 0 heterocycles. The average molecular weight is 238 g/mol. The van der Waals surface area contributed by atoms with Crippen molar-refractivity contribution >= 4 is 11.6 Å². The first-order chi connectivity index (χ1) is 7.77. The van der Waals surface area contributed by atoms with Gasteiger partial charge in [-0.05, 0) is 32.2 Å². The number of hydrogen-bond donors (Lipinski definition) is 1. The van der Waals surface area contributed by atoms with Crippen molar-refractivity contribution in [3.8, 4) is 17.6 Å². The predicted molar refractivity (Wildman–Crippen MR) is 67.8 cm³/mol. The van der Waals surface area contributed by atoms with Crippen LogP contribution in [0.3, 0.4) is 0 Å². The molecule has 0 spiro atoms. The largest absolute Gasteiger partial charge is 0.492 e. The zero-order chi connectivity index (χ0) is 11.8. The fourth-order valence-electron chi connectivity index (χ4n) is 1.35. The van der Waals surface area contributed by atoms with Crippen molar-refractivity contribution in [1.82, 2.24) is 5.32 Å². The van der Waals surface area contributed by atoms with E-state index >= 15 is 0 Å². The van der Waals surface area contributed by atoms with E-state index in [9.17, 15) is 0 Å². The maximum absolute atomic E-state index is 5.93. The van der Waals surface area contributed by atoms with E-state index in [0.29, 0.717) is 6.61 Å². The second-order valence-corrected chi connectivity index (χ2v) is 3.74. The molecule has 2 nitrogen and oxygen atoms in total. The van der Waals surface area contributed by atoms with Gasteiger partial charge in [-0.1, -0.05) is 11.6 Å². The highest BCUT2D eigenvalue weighted by molar-refractivity contribution is 6.30. The van der Waals surface area contributed by atoms with Crippen molar-refractivity contribution in [1.29, 1.82) is 0 Å². The summed E-state index contributed by atoms with van der Waals surface area (Å²) < 4.78 is 5.65. The third kappa shape index (κ3) is 4.14. The number of benzene rings is 1. The summed E-state index contributed by atoms with van der Waals surface area (Å²) in [7, 11) is 1.90. The Balaban J connectivity index is 2.65. The lowest BCUT2D eigenvalue weighted by Crippen LogP contribution is -2.08. The van der Waals surface area contributed by atoms with Crippen LogP contribution in [0.1, 0.15) is 18.9 Å². The maximum atomic E-state index is 5.93. The van der Waals surface area contributed by atoms with Gasteiger partial charge in [-0.2, -0.15) is 0 Å². The van der Waals surface area contributed by atoms with Crippen LogP contribution < -0.4 is 10.1 Å². The summed E-state index contributed by atoms with van der Waals surface area (Å²) in [5.41, 5.74) is 1.07. The quantitative estimate of drug-likeness (QED) is 0.628. The van der Waals surface area contributed by atoms with E-state index in [2.05, 4.69) is 17.2 Å². The van der Waals surface area contributed by atoms with Gasteiger partial charge in [-0.25, -0.2) is 0 Å². The molecular weight excluding hydrogens is 222 g/mol. The second kappa shape index (κ2) is 7.16. The molecule has 1 rings (SSSR count). The second-order valence-electron chi connectivity index (χ2n) is 3.31. The molecule has 0 unspecified atom stereocenters. The summed E-state index contributed by atoms with van der Waals surface area (Å²) in [6.45, 7) is 3.18. The molecule has 0 aromatic heterocycles. The number of rotatable bonds is 5. The highest BCUT2D eigenvalue weighted by atomic mass is 35.5. The molecule has 0 aliphatic rings. The maximum Gasteiger partial charge on any atom is 0.123 e. The lowest BCUT2D eigenvalue weighted by atomic mass is 10.2. The SMILES string of the molecule is CC#CCCOc1ccc(Cl)cc1CNC. The van der Waals surface area contributed by atoms with Crippen LogP contribution >= 0.6 is 11.6 Å². The number of hydrogen-bond acceptors (Lipinski definition) is 2. The summed E-state index contributed by atoms with van der Waals surface area (Å²) >= 11 is 5.93. The topological polar surface area (TPSA) is 21.3 Å². The lowest BCUT2D eigenvalue weighted by Gasteiger charge is -2.10. The molecule has 3 heteroatoms. The van der Waals surface area contributed by atoms with E-state index in [1.54, 1.807) is 0 Å². The Morgan fingerprint density at radius 2 is 2.25 bits per heavy atom. The van der Waals surface area contributed by atoms with Gasteiger partial charge in [0.1, 0.15) is 5.75 Å². The number of nitrogens with one attached hydrogen (secondary N) is 1. The van der Waals surface area contributed by atoms with E-state index in [-0.39, 0.29) is 0 Å². The van der Waals surface area contributed by atoms with E-state index in [1.807, 2.05) is 32.2 Å². The van der Waals surface area contributed by atoms with Crippen LogP contribution in [-0.4, -0.2) is 13.7 Å². The van der Waals surface area contributed by atoms with Gasteiger partial charge in [0.05, 0.1) is 6.61 Å². The molecule has 0 aliphatic heterocycles. The first-order valence-corrected chi connectivity index (χ1v) is 5.61. The van der Waals surface area contributed by atoms with Crippen LogP contribution in [-0.2, 0) is 6.54 Å². The van der Waals surface area contributed by atoms with Crippen LogP contribution in [0, 0.1) is 11.8 Å². The van der Waals surface area contributed by atoms with Gasteiger partial charge in [0.2, 0.25) is 0 Å². The van der Waals surface area contributed by atoms with Gasteiger partial charge >= 0.3 is 0 Å². The first-order valence-electron chi connectivity index (χ1n) is 5.23. The molecule has 0 fully saturated rings. The van der Waals surface area contributed by atoms with Crippen molar-refractivity contribution < 1.29 is 4.74 Å². The van der Waals surface area contributed by atoms with E-state index < -0.39 is 0 Å². The Hall–Kier alpha value is -1.17. The minimum Gasteiger partial charge on any atom is -0.492 e. The molecule has 0 amide bonds. The highest BCUT2D eigenvalue weighted by Crippen LogP contribution is 2.22. The van der Waals surface area contributed by atoms with Crippen molar-refractivity contribution in [2.24, 2.45) is 0 Å². The molecule has 1 N–H and O–H groups in total. The van der Waals surface area contributed by atoms with Crippen LogP contribution in [0.15, 0.2) is 18.2 Å². The Morgan fingerprint density at radius 1 is 1.44 bits per heavy atom. The zero-order valence-electron chi connectivity index (χ0n) is 9.64. The third-order valence-electron chi connectivity index (χ3n) is 2.05. The molecule has 0 atom stereocenters. The van der Waals surface area contributed by atoms with Gasteiger partial charge in [-0.3, -0.25) is 0 Å². The van der Waals surface area contributed by atoms with Crippen molar-refractivity contribution in [2.45, 2.75) is 19.9 Å². The molecule has 0 bridgehead atoms. The Kier molecular flexibility index (Phi) is 5.77. The smallest absolute Gasteiger partial charge is 0.123 e. The predicted octanol–water partition coefficient (Wildman–Crippen LogP) is 2.85. The van der Waals surface area contributed by atoms with Gasteiger partial charge < -0.3 is 10.1 Å². The minimum atomic E-state index is 0.610. The molecule has 16 heavy (non-hydrogen) atoms. The van der Waals surface area contributed by atoms with Crippen LogP contribution in [0.2, 0.25) is 5.02 Å². The summed E-state index contributed by atoms with van der Waals surface area (Å²) in [6, 6.07) is 5.65. The molecule has 0 saturated carbocycles. The van der Waals surface area contributed by atoms with E-state index in [1.165, 1.54) is 0 Å². The highest BCUT2D eigenvalue weighted by Gasteiger charge is 2.03. The standard InChI is InChI=1S/C13H16ClNO/c1-3-4-5-8-16-13-7-6-12(14)9-11(13)10-15-2/h6-7,9,15H,5,8,10H2,1-2H3. The van der Waals surface area contributed by atoms with Gasteiger partial charge in [0.25, 0.3) is 0 Å². The Labute approximate surface area is 102 Å². The Morgan fingerprint density at radius 3 is 2.94 bits per heavy atom. The molecule has 0 radical (unpaired) electrons. The monoisotopic (exact) mass is 237 g/mol. The molecule has 1 aromatic rings. The molecular formula is C13H16ClNO. The van der Waals surface area contributed by atoms with E-state index in [4.69, 9.17) is 16.3 Å². The van der Waals surface area contributed by atoms with Crippen LogP contribution in [0.25, 0.3) is 0 Å².